The van der Waals surface area contributed by atoms with Gasteiger partial charge in [0.1, 0.15) is 0 Å². The van der Waals surface area contributed by atoms with E-state index in [0.717, 1.165) is 50.3 Å². The highest BCUT2D eigenvalue weighted by Crippen LogP contribution is 2.32. The Morgan fingerprint density at radius 2 is 1.84 bits per heavy atom. The molecule has 1 amide bonds. The highest BCUT2D eigenvalue weighted by Gasteiger charge is 2.31. The molecule has 0 bridgehead atoms. The standard InChI is InChI=1S/C24H27F3N4O/c1-3-4-18-5-6-19(13-20(18)15-28)23(32)29-22-12-17(11-21(14-22)24(25,26)27)16-31-9-7-30(2)8-10-31/h5-6,11-14H,3-4,7-10,16H2,1-2H3,(H,29,32). The van der Waals surface area contributed by atoms with Crippen molar-refractivity contribution in [2.24, 2.45) is 0 Å². The molecule has 1 aliphatic rings. The number of alkyl halides is 3. The molecule has 1 N–H and O–H groups in total. The molecule has 0 spiro atoms. The van der Waals surface area contributed by atoms with Crippen molar-refractivity contribution in [3.05, 3.63) is 64.2 Å². The minimum Gasteiger partial charge on any atom is -0.322 e. The monoisotopic (exact) mass is 444 g/mol. The lowest BCUT2D eigenvalue weighted by Gasteiger charge is -2.32. The first-order valence-electron chi connectivity index (χ1n) is 10.7. The maximum Gasteiger partial charge on any atom is 0.416 e. The molecule has 0 atom stereocenters. The second kappa shape index (κ2) is 10.2. The van der Waals surface area contributed by atoms with Crippen molar-refractivity contribution >= 4 is 11.6 Å². The lowest BCUT2D eigenvalue weighted by molar-refractivity contribution is -0.137. The van der Waals surface area contributed by atoms with Gasteiger partial charge in [-0.25, -0.2) is 0 Å². The lowest BCUT2D eigenvalue weighted by atomic mass is 10.0. The molecule has 0 radical (unpaired) electrons. The number of rotatable bonds is 6. The van der Waals surface area contributed by atoms with Gasteiger partial charge in [-0.1, -0.05) is 19.4 Å². The normalized spacial score (nSPS) is 15.4. The summed E-state index contributed by atoms with van der Waals surface area (Å²) in [5.41, 5.74) is 1.27. The molecule has 3 rings (SSSR count). The van der Waals surface area contributed by atoms with Crippen LogP contribution in [0.25, 0.3) is 0 Å². The summed E-state index contributed by atoms with van der Waals surface area (Å²) in [6.45, 7) is 5.64. The van der Waals surface area contributed by atoms with E-state index in [0.29, 0.717) is 24.1 Å². The van der Waals surface area contributed by atoms with Crippen LogP contribution >= 0.6 is 0 Å². The van der Waals surface area contributed by atoms with Gasteiger partial charge in [0.2, 0.25) is 0 Å². The highest BCUT2D eigenvalue weighted by atomic mass is 19.4. The number of anilines is 1. The van der Waals surface area contributed by atoms with Gasteiger partial charge in [0.25, 0.3) is 5.91 Å². The van der Waals surface area contributed by atoms with Crippen molar-refractivity contribution in [2.75, 3.05) is 38.5 Å². The Hall–Kier alpha value is -2.89. The summed E-state index contributed by atoms with van der Waals surface area (Å²) in [7, 11) is 2.02. The summed E-state index contributed by atoms with van der Waals surface area (Å²) >= 11 is 0. The summed E-state index contributed by atoms with van der Waals surface area (Å²) in [5.74, 6) is -0.547. The predicted molar refractivity (Wildman–Crippen MR) is 117 cm³/mol. The second-order valence-electron chi connectivity index (χ2n) is 8.18. The van der Waals surface area contributed by atoms with E-state index in [4.69, 9.17) is 0 Å². The van der Waals surface area contributed by atoms with Crippen molar-refractivity contribution in [3.63, 3.8) is 0 Å². The zero-order chi connectivity index (χ0) is 23.3. The Morgan fingerprint density at radius 1 is 1.12 bits per heavy atom. The molecule has 5 nitrogen and oxygen atoms in total. The first-order valence-corrected chi connectivity index (χ1v) is 10.7. The summed E-state index contributed by atoms with van der Waals surface area (Å²) in [6, 6.07) is 10.6. The van der Waals surface area contributed by atoms with Crippen LogP contribution in [0.5, 0.6) is 0 Å². The Bertz CT molecular complexity index is 1010. The van der Waals surface area contributed by atoms with Crippen LogP contribution in [-0.2, 0) is 19.1 Å². The first-order chi connectivity index (χ1) is 15.2. The van der Waals surface area contributed by atoms with Crippen LogP contribution in [0.4, 0.5) is 18.9 Å². The van der Waals surface area contributed by atoms with Gasteiger partial charge >= 0.3 is 6.18 Å². The van der Waals surface area contributed by atoms with Gasteiger partial charge in [-0.3, -0.25) is 9.69 Å². The zero-order valence-corrected chi connectivity index (χ0v) is 18.3. The maximum absolute atomic E-state index is 13.5. The van der Waals surface area contributed by atoms with Crippen LogP contribution < -0.4 is 5.32 Å². The number of piperazine rings is 1. The van der Waals surface area contributed by atoms with E-state index < -0.39 is 17.6 Å². The van der Waals surface area contributed by atoms with Crippen molar-refractivity contribution < 1.29 is 18.0 Å². The molecule has 0 saturated carbocycles. The van der Waals surface area contributed by atoms with Gasteiger partial charge in [-0.2, -0.15) is 18.4 Å². The number of aryl methyl sites for hydroxylation is 1. The summed E-state index contributed by atoms with van der Waals surface area (Å²) in [4.78, 5) is 17.0. The van der Waals surface area contributed by atoms with Crippen molar-refractivity contribution in [1.82, 2.24) is 9.80 Å². The Kier molecular flexibility index (Phi) is 7.54. The molecule has 170 valence electrons. The maximum atomic E-state index is 13.5. The first kappa shape index (κ1) is 23.8. The molecule has 0 aliphatic carbocycles. The third-order valence-corrected chi connectivity index (χ3v) is 5.59. The van der Waals surface area contributed by atoms with Crippen LogP contribution in [0.2, 0.25) is 0 Å². The van der Waals surface area contributed by atoms with E-state index in [1.54, 1.807) is 18.2 Å². The second-order valence-corrected chi connectivity index (χ2v) is 8.18. The number of halogens is 3. The number of hydrogen-bond acceptors (Lipinski definition) is 4. The summed E-state index contributed by atoms with van der Waals surface area (Å²) in [5, 5.41) is 11.9. The molecule has 2 aromatic rings. The average Bonchev–Trinajstić information content (AvgIpc) is 2.75. The van der Waals surface area contributed by atoms with Crippen LogP contribution in [0, 0.1) is 11.3 Å². The summed E-state index contributed by atoms with van der Waals surface area (Å²) < 4.78 is 40.5. The number of likely N-dealkylation sites (N-methyl/N-ethyl adjacent to an activating group) is 1. The average molecular weight is 445 g/mol. The van der Waals surface area contributed by atoms with Gasteiger partial charge in [0.15, 0.2) is 0 Å². The van der Waals surface area contributed by atoms with Gasteiger partial charge in [-0.05, 0) is 54.9 Å². The minimum atomic E-state index is -4.52. The topological polar surface area (TPSA) is 59.4 Å². The number of nitrogens with one attached hydrogen (secondary N) is 1. The van der Waals surface area contributed by atoms with E-state index in [-0.39, 0.29) is 11.3 Å². The van der Waals surface area contributed by atoms with E-state index in [9.17, 15) is 23.2 Å². The third-order valence-electron chi connectivity index (χ3n) is 5.59. The molecule has 0 unspecified atom stereocenters. The molecule has 0 aromatic heterocycles. The Morgan fingerprint density at radius 3 is 2.47 bits per heavy atom. The fourth-order valence-electron chi connectivity index (χ4n) is 3.80. The van der Waals surface area contributed by atoms with E-state index >= 15 is 0 Å². The quantitative estimate of drug-likeness (QED) is 0.711. The highest BCUT2D eigenvalue weighted by molar-refractivity contribution is 6.04. The number of hydrogen-bond donors (Lipinski definition) is 1. The number of amides is 1. The molecule has 1 fully saturated rings. The van der Waals surface area contributed by atoms with Gasteiger partial charge in [-0.15, -0.1) is 0 Å². The lowest BCUT2D eigenvalue weighted by Crippen LogP contribution is -2.43. The molecule has 32 heavy (non-hydrogen) atoms. The van der Waals surface area contributed by atoms with Crippen molar-refractivity contribution in [3.8, 4) is 6.07 Å². The van der Waals surface area contributed by atoms with Crippen molar-refractivity contribution in [2.45, 2.75) is 32.5 Å². The van der Waals surface area contributed by atoms with Crippen LogP contribution in [-0.4, -0.2) is 48.9 Å². The Balaban J connectivity index is 1.83. The number of benzene rings is 2. The van der Waals surface area contributed by atoms with E-state index in [2.05, 4.69) is 21.2 Å². The SMILES string of the molecule is CCCc1ccc(C(=O)Nc2cc(CN3CCN(C)CC3)cc(C(F)(F)F)c2)cc1C#N. The number of nitriles is 1. The molecule has 1 heterocycles. The molecule has 2 aromatic carbocycles. The van der Waals surface area contributed by atoms with Crippen molar-refractivity contribution in [1.29, 1.82) is 5.26 Å². The molecule has 8 heteroatoms. The van der Waals surface area contributed by atoms with E-state index in [1.807, 2.05) is 14.0 Å². The molecule has 1 saturated heterocycles. The van der Waals surface area contributed by atoms with Crippen LogP contribution in [0.1, 0.15) is 46.0 Å². The smallest absolute Gasteiger partial charge is 0.322 e. The molecular formula is C24H27F3N4O. The largest absolute Gasteiger partial charge is 0.416 e. The predicted octanol–water partition coefficient (Wildman–Crippen LogP) is 4.53. The summed E-state index contributed by atoms with van der Waals surface area (Å²) in [6.07, 6.45) is -2.94. The van der Waals surface area contributed by atoms with Crippen LogP contribution in [0.3, 0.4) is 0 Å². The molecule has 1 aliphatic heterocycles. The third kappa shape index (κ3) is 6.09. The van der Waals surface area contributed by atoms with Crippen LogP contribution in [0.15, 0.2) is 36.4 Å². The fraction of sp³-hybridized carbons (Fsp3) is 0.417. The molecular weight excluding hydrogens is 417 g/mol. The zero-order valence-electron chi connectivity index (χ0n) is 18.3. The Labute approximate surface area is 186 Å². The number of carbonyl (C=O) groups excluding carboxylic acids is 1. The van der Waals surface area contributed by atoms with Gasteiger partial charge in [0.05, 0.1) is 17.2 Å². The minimum absolute atomic E-state index is 0.0881. The number of nitrogens with zero attached hydrogens (tertiary/aromatic N) is 3. The fourth-order valence-corrected chi connectivity index (χ4v) is 3.80. The number of carbonyl (C=O) groups is 1. The van der Waals surface area contributed by atoms with E-state index in [1.165, 1.54) is 6.07 Å². The van der Waals surface area contributed by atoms with Gasteiger partial charge in [0, 0.05) is 44.0 Å². The van der Waals surface area contributed by atoms with Gasteiger partial charge < -0.3 is 10.2 Å².